The van der Waals surface area contributed by atoms with Crippen LogP contribution in [0.5, 0.6) is 0 Å². The van der Waals surface area contributed by atoms with Crippen LogP contribution in [0, 0.1) is 11.7 Å². The largest absolute Gasteiger partial charge is 0.444 e. The molecule has 1 aromatic carbocycles. The summed E-state index contributed by atoms with van der Waals surface area (Å²) in [7, 11) is 0. The molecule has 2 fully saturated rings. The molecular formula is C29H41FN4O4. The molecule has 8 nitrogen and oxygen atoms in total. The highest BCUT2D eigenvalue weighted by Gasteiger charge is 2.52. The SMILES string of the molecule is CC(C)N1CC=C(c2ccc(CC(NC(=O)C3C4CCC(C4)N3C(=O)OC(C)(C)C)C(N)=O)c(F)c2)CC1. The Morgan fingerprint density at radius 3 is 2.53 bits per heavy atom. The number of nitrogens with two attached hydrogens (primary N) is 1. The molecule has 4 atom stereocenters. The first-order valence-electron chi connectivity index (χ1n) is 13.7. The maximum atomic E-state index is 15.1. The van der Waals surface area contributed by atoms with E-state index in [0.29, 0.717) is 11.6 Å². The number of fused-ring (bicyclic) bond motifs is 2. The predicted octanol–water partition coefficient (Wildman–Crippen LogP) is 3.62. The highest BCUT2D eigenvalue weighted by molar-refractivity contribution is 5.91. The van der Waals surface area contributed by atoms with Crippen molar-refractivity contribution >= 4 is 23.5 Å². The number of rotatable bonds is 7. The van der Waals surface area contributed by atoms with Crippen LogP contribution in [0.25, 0.3) is 5.57 Å². The molecule has 4 rings (SSSR count). The van der Waals surface area contributed by atoms with Gasteiger partial charge in [0.25, 0.3) is 0 Å². The molecule has 3 N–H and O–H groups in total. The number of piperidine rings is 1. The summed E-state index contributed by atoms with van der Waals surface area (Å²) in [5.74, 6) is -1.65. The van der Waals surface area contributed by atoms with Gasteiger partial charge in [-0.25, -0.2) is 9.18 Å². The molecule has 3 amide bonds. The van der Waals surface area contributed by atoms with Crippen LogP contribution < -0.4 is 11.1 Å². The van der Waals surface area contributed by atoms with Gasteiger partial charge in [-0.1, -0.05) is 18.2 Å². The number of amides is 3. The highest BCUT2D eigenvalue weighted by Crippen LogP contribution is 2.43. The summed E-state index contributed by atoms with van der Waals surface area (Å²) < 4.78 is 20.7. The normalized spacial score (nSPS) is 24.3. The molecule has 0 radical (unpaired) electrons. The Balaban J connectivity index is 1.45. The second-order valence-electron chi connectivity index (χ2n) is 12.1. The molecule has 1 saturated carbocycles. The van der Waals surface area contributed by atoms with Crippen LogP contribution in [0.3, 0.4) is 0 Å². The van der Waals surface area contributed by atoms with Crippen LogP contribution in [0.15, 0.2) is 24.3 Å². The number of carbonyl (C=O) groups excluding carboxylic acids is 3. The van der Waals surface area contributed by atoms with E-state index in [4.69, 9.17) is 10.5 Å². The number of primary amides is 1. The third-order valence-corrected chi connectivity index (χ3v) is 7.94. The minimum absolute atomic E-state index is 0.00699. The molecule has 2 aliphatic heterocycles. The van der Waals surface area contributed by atoms with E-state index in [9.17, 15) is 14.4 Å². The lowest BCUT2D eigenvalue weighted by Crippen LogP contribution is -2.57. The summed E-state index contributed by atoms with van der Waals surface area (Å²) in [5, 5.41) is 2.71. The Labute approximate surface area is 224 Å². The average molecular weight is 529 g/mol. The van der Waals surface area contributed by atoms with Gasteiger partial charge in [-0.3, -0.25) is 19.4 Å². The molecule has 4 unspecified atom stereocenters. The van der Waals surface area contributed by atoms with Crippen molar-refractivity contribution in [2.45, 2.75) is 96.5 Å². The van der Waals surface area contributed by atoms with Gasteiger partial charge in [-0.15, -0.1) is 0 Å². The number of carbonyl (C=O) groups is 3. The van der Waals surface area contributed by atoms with Gasteiger partial charge < -0.3 is 15.8 Å². The van der Waals surface area contributed by atoms with E-state index in [2.05, 4.69) is 30.1 Å². The summed E-state index contributed by atoms with van der Waals surface area (Å²) >= 11 is 0. The zero-order valence-electron chi connectivity index (χ0n) is 23.1. The van der Waals surface area contributed by atoms with E-state index in [1.807, 2.05) is 6.07 Å². The smallest absolute Gasteiger partial charge is 0.411 e. The van der Waals surface area contributed by atoms with Gasteiger partial charge in [0, 0.05) is 31.6 Å². The van der Waals surface area contributed by atoms with Gasteiger partial charge in [-0.05, 0) is 89.0 Å². The van der Waals surface area contributed by atoms with Crippen molar-refractivity contribution in [2.75, 3.05) is 13.1 Å². The Bertz CT molecular complexity index is 1110. The third-order valence-electron chi connectivity index (χ3n) is 7.94. The lowest BCUT2D eigenvalue weighted by molar-refractivity contribution is -0.132. The first-order valence-corrected chi connectivity index (χ1v) is 13.7. The van der Waals surface area contributed by atoms with Gasteiger partial charge in [0.05, 0.1) is 0 Å². The molecule has 1 saturated heterocycles. The number of nitrogens with zero attached hydrogens (tertiary/aromatic N) is 2. The molecular weight excluding hydrogens is 487 g/mol. The van der Waals surface area contributed by atoms with Crippen molar-refractivity contribution in [3.05, 3.63) is 41.2 Å². The summed E-state index contributed by atoms with van der Waals surface area (Å²) in [5.41, 5.74) is 7.16. The van der Waals surface area contributed by atoms with Gasteiger partial charge in [0.1, 0.15) is 23.5 Å². The molecule has 208 valence electrons. The van der Waals surface area contributed by atoms with Crippen LogP contribution in [-0.4, -0.2) is 70.6 Å². The predicted molar refractivity (Wildman–Crippen MR) is 144 cm³/mol. The molecule has 1 aromatic rings. The second kappa shape index (κ2) is 11.0. The fourth-order valence-corrected chi connectivity index (χ4v) is 5.93. The molecule has 3 aliphatic rings. The van der Waals surface area contributed by atoms with Crippen LogP contribution >= 0.6 is 0 Å². The number of likely N-dealkylation sites (tertiary alicyclic amines) is 1. The lowest BCUT2D eigenvalue weighted by atomic mass is 9.95. The number of ether oxygens (including phenoxy) is 1. The first-order chi connectivity index (χ1) is 17.8. The second-order valence-corrected chi connectivity index (χ2v) is 12.1. The maximum Gasteiger partial charge on any atom is 0.411 e. The van der Waals surface area contributed by atoms with Crippen molar-refractivity contribution in [2.24, 2.45) is 11.7 Å². The number of hydrogen-bond acceptors (Lipinski definition) is 5. The molecule has 9 heteroatoms. The van der Waals surface area contributed by atoms with E-state index < -0.39 is 41.4 Å². The quantitative estimate of drug-likeness (QED) is 0.563. The van der Waals surface area contributed by atoms with Gasteiger partial charge in [0.2, 0.25) is 11.8 Å². The molecule has 38 heavy (non-hydrogen) atoms. The molecule has 0 spiro atoms. The topological polar surface area (TPSA) is 105 Å². The number of benzene rings is 1. The van der Waals surface area contributed by atoms with Crippen molar-refractivity contribution in [3.63, 3.8) is 0 Å². The Morgan fingerprint density at radius 1 is 1.21 bits per heavy atom. The number of nitrogens with one attached hydrogen (secondary N) is 1. The average Bonchev–Trinajstić information content (AvgIpc) is 3.45. The maximum absolute atomic E-state index is 15.1. The van der Waals surface area contributed by atoms with E-state index >= 15 is 4.39 Å². The summed E-state index contributed by atoms with van der Waals surface area (Å²) in [6.07, 6.45) is 4.74. The minimum Gasteiger partial charge on any atom is -0.444 e. The lowest BCUT2D eigenvalue weighted by Gasteiger charge is -2.36. The Morgan fingerprint density at radius 2 is 1.95 bits per heavy atom. The fourth-order valence-electron chi connectivity index (χ4n) is 5.93. The van der Waals surface area contributed by atoms with Crippen LogP contribution in [0.2, 0.25) is 0 Å². The van der Waals surface area contributed by atoms with Crippen molar-refractivity contribution in [3.8, 4) is 0 Å². The molecule has 2 bridgehead atoms. The van der Waals surface area contributed by atoms with Crippen molar-refractivity contribution in [1.82, 2.24) is 15.1 Å². The third kappa shape index (κ3) is 6.20. The zero-order valence-corrected chi connectivity index (χ0v) is 23.1. The molecule has 1 aliphatic carbocycles. The highest BCUT2D eigenvalue weighted by atomic mass is 19.1. The van der Waals surface area contributed by atoms with Crippen molar-refractivity contribution < 1.29 is 23.5 Å². The van der Waals surface area contributed by atoms with Crippen LogP contribution in [-0.2, 0) is 20.7 Å². The van der Waals surface area contributed by atoms with E-state index in [0.717, 1.165) is 49.9 Å². The van der Waals surface area contributed by atoms with E-state index in [-0.39, 0.29) is 18.4 Å². The van der Waals surface area contributed by atoms with Gasteiger partial charge in [-0.2, -0.15) is 0 Å². The van der Waals surface area contributed by atoms with E-state index in [1.165, 1.54) is 11.0 Å². The summed E-state index contributed by atoms with van der Waals surface area (Å²) in [6.45, 7) is 11.4. The monoisotopic (exact) mass is 528 g/mol. The number of hydrogen-bond donors (Lipinski definition) is 2. The zero-order chi connectivity index (χ0) is 27.8. The standard InChI is InChI=1S/C29H41FN4O4/c1-17(2)33-12-10-18(11-13-33)19-6-7-20(23(30)15-19)16-24(26(31)35)32-27(36)25-21-8-9-22(14-21)34(25)28(37)38-29(3,4)5/h6-7,10,15,17,21-22,24-25H,8-9,11-14,16H2,1-5H3,(H2,31,35)(H,32,36). The summed E-state index contributed by atoms with van der Waals surface area (Å²) in [4.78, 5) is 42.4. The van der Waals surface area contributed by atoms with Gasteiger partial charge in [0.15, 0.2) is 0 Å². The first kappa shape index (κ1) is 28.1. The van der Waals surface area contributed by atoms with E-state index in [1.54, 1.807) is 26.8 Å². The Hall–Kier alpha value is -2.94. The number of halogens is 1. The Kier molecular flexibility index (Phi) is 8.16. The molecule has 2 heterocycles. The van der Waals surface area contributed by atoms with Crippen LogP contribution in [0.1, 0.15) is 71.4 Å². The van der Waals surface area contributed by atoms with Crippen LogP contribution in [0.4, 0.5) is 9.18 Å². The summed E-state index contributed by atoms with van der Waals surface area (Å²) in [6, 6.07) is 3.57. The molecule has 0 aromatic heterocycles. The van der Waals surface area contributed by atoms with Crippen molar-refractivity contribution in [1.29, 1.82) is 0 Å². The minimum atomic E-state index is -1.10. The van der Waals surface area contributed by atoms with Gasteiger partial charge >= 0.3 is 6.09 Å². The fraction of sp³-hybridized carbons (Fsp3) is 0.621.